The van der Waals surface area contributed by atoms with Gasteiger partial charge in [0.05, 0.1) is 31.2 Å². The van der Waals surface area contributed by atoms with Crippen molar-refractivity contribution in [3.05, 3.63) is 71.9 Å². The fourth-order valence-electron chi connectivity index (χ4n) is 3.52. The maximum atomic E-state index is 12.2. The molecule has 0 N–H and O–H groups in total. The molecule has 3 heterocycles. The second kappa shape index (κ2) is 7.68. The Bertz CT molecular complexity index is 1140. The Balaban J connectivity index is 1.93. The molecule has 0 spiro atoms. The number of hydrogen-bond donors (Lipinski definition) is 0. The average molecular weight is 375 g/mol. The van der Waals surface area contributed by atoms with E-state index in [2.05, 4.69) is 14.4 Å². The van der Waals surface area contributed by atoms with Gasteiger partial charge in [-0.25, -0.2) is 4.98 Å². The summed E-state index contributed by atoms with van der Waals surface area (Å²) in [6.45, 7) is 2.17. The number of ether oxygens (including phenoxy) is 2. The predicted molar refractivity (Wildman–Crippen MR) is 107 cm³/mol. The van der Waals surface area contributed by atoms with Gasteiger partial charge in [0.25, 0.3) is 0 Å². The molecular weight excluding hydrogens is 354 g/mol. The number of nitrogens with zero attached hydrogens (tertiary/aromatic N) is 3. The van der Waals surface area contributed by atoms with Crippen LogP contribution in [0.2, 0.25) is 0 Å². The monoisotopic (exact) mass is 375 g/mol. The second-order valence-corrected chi connectivity index (χ2v) is 6.42. The fourth-order valence-corrected chi connectivity index (χ4v) is 3.52. The van der Waals surface area contributed by atoms with Crippen molar-refractivity contribution in [3.63, 3.8) is 0 Å². The molecular formula is C22H21N3O3. The van der Waals surface area contributed by atoms with Crippen LogP contribution in [0.1, 0.15) is 24.0 Å². The van der Waals surface area contributed by atoms with Crippen LogP contribution in [-0.2, 0) is 22.4 Å². The minimum absolute atomic E-state index is 0.195. The third kappa shape index (κ3) is 3.29. The first-order valence-electron chi connectivity index (χ1n) is 9.21. The van der Waals surface area contributed by atoms with Gasteiger partial charge in [-0.2, -0.15) is 0 Å². The third-order valence-electron chi connectivity index (χ3n) is 4.73. The van der Waals surface area contributed by atoms with E-state index in [0.717, 1.165) is 39.3 Å². The van der Waals surface area contributed by atoms with E-state index in [1.807, 2.05) is 49.4 Å². The Morgan fingerprint density at radius 2 is 1.96 bits per heavy atom. The molecule has 0 atom stereocenters. The minimum Gasteiger partial charge on any atom is -0.497 e. The SMILES string of the molecule is CCOC(=O)Cc1c2cc(OC)ccc2n2c(Cc3ccccn3)nccc12. The van der Waals surface area contributed by atoms with E-state index in [1.165, 1.54) is 0 Å². The summed E-state index contributed by atoms with van der Waals surface area (Å²) in [5.74, 6) is 1.36. The van der Waals surface area contributed by atoms with Crippen molar-refractivity contribution in [2.75, 3.05) is 13.7 Å². The lowest BCUT2D eigenvalue weighted by Crippen LogP contribution is -2.08. The molecule has 6 heteroatoms. The molecule has 0 saturated heterocycles. The zero-order valence-corrected chi connectivity index (χ0v) is 15.9. The Kier molecular flexibility index (Phi) is 4.93. The zero-order valence-electron chi connectivity index (χ0n) is 15.9. The molecule has 4 aromatic rings. The molecule has 4 rings (SSSR count). The number of carbonyl (C=O) groups is 1. The molecule has 28 heavy (non-hydrogen) atoms. The van der Waals surface area contributed by atoms with Crippen LogP contribution in [-0.4, -0.2) is 34.1 Å². The lowest BCUT2D eigenvalue weighted by molar-refractivity contribution is -0.142. The molecule has 0 radical (unpaired) electrons. The second-order valence-electron chi connectivity index (χ2n) is 6.42. The topological polar surface area (TPSA) is 65.7 Å². The normalized spacial score (nSPS) is 11.1. The van der Waals surface area contributed by atoms with Crippen LogP contribution in [0.25, 0.3) is 16.4 Å². The third-order valence-corrected chi connectivity index (χ3v) is 4.73. The summed E-state index contributed by atoms with van der Waals surface area (Å²) < 4.78 is 12.7. The van der Waals surface area contributed by atoms with Gasteiger partial charge in [-0.15, -0.1) is 0 Å². The lowest BCUT2D eigenvalue weighted by atomic mass is 10.1. The van der Waals surface area contributed by atoms with E-state index in [0.29, 0.717) is 13.0 Å². The van der Waals surface area contributed by atoms with Gasteiger partial charge in [0, 0.05) is 29.9 Å². The van der Waals surface area contributed by atoms with Crippen LogP contribution < -0.4 is 4.74 Å². The molecule has 6 nitrogen and oxygen atoms in total. The van der Waals surface area contributed by atoms with Gasteiger partial charge < -0.3 is 9.47 Å². The standard InChI is InChI=1S/C22H21N3O3/c1-3-28-22(26)14-18-17-13-16(27-2)7-8-19(17)25-20(18)9-11-24-21(25)12-15-6-4-5-10-23-15/h4-11,13H,3,12,14H2,1-2H3. The molecule has 142 valence electrons. The van der Waals surface area contributed by atoms with Gasteiger partial charge in [-0.1, -0.05) is 6.07 Å². The van der Waals surface area contributed by atoms with E-state index >= 15 is 0 Å². The fraction of sp³-hybridized carbons (Fsp3) is 0.227. The largest absolute Gasteiger partial charge is 0.497 e. The van der Waals surface area contributed by atoms with Crippen LogP contribution in [0, 0.1) is 0 Å². The Morgan fingerprint density at radius 3 is 2.71 bits per heavy atom. The summed E-state index contributed by atoms with van der Waals surface area (Å²) in [6, 6.07) is 13.7. The number of aromatic nitrogens is 3. The minimum atomic E-state index is -0.247. The van der Waals surface area contributed by atoms with Crippen molar-refractivity contribution in [1.29, 1.82) is 0 Å². The smallest absolute Gasteiger partial charge is 0.310 e. The summed E-state index contributed by atoms with van der Waals surface area (Å²) in [4.78, 5) is 21.3. The average Bonchev–Trinajstić information content (AvgIpc) is 3.03. The lowest BCUT2D eigenvalue weighted by Gasteiger charge is -2.07. The van der Waals surface area contributed by atoms with E-state index in [1.54, 1.807) is 19.5 Å². The van der Waals surface area contributed by atoms with Crippen LogP contribution in [0.4, 0.5) is 0 Å². The summed E-state index contributed by atoms with van der Waals surface area (Å²) in [7, 11) is 1.63. The number of carbonyl (C=O) groups excluding carboxylic acids is 1. The molecule has 0 bridgehead atoms. The van der Waals surface area contributed by atoms with Crippen LogP contribution in [0.5, 0.6) is 5.75 Å². The summed E-state index contributed by atoms with van der Waals surface area (Å²) >= 11 is 0. The number of benzene rings is 1. The van der Waals surface area contributed by atoms with Gasteiger partial charge in [-0.05, 0) is 48.9 Å². The van der Waals surface area contributed by atoms with E-state index in [9.17, 15) is 4.79 Å². The summed E-state index contributed by atoms with van der Waals surface area (Å²) in [5.41, 5.74) is 3.77. The van der Waals surface area contributed by atoms with Gasteiger partial charge in [0.2, 0.25) is 0 Å². The Morgan fingerprint density at radius 1 is 1.07 bits per heavy atom. The number of methoxy groups -OCH3 is 1. The highest BCUT2D eigenvalue weighted by atomic mass is 16.5. The van der Waals surface area contributed by atoms with Crippen LogP contribution in [0.3, 0.4) is 0 Å². The predicted octanol–water partition coefficient (Wildman–Crippen LogP) is 3.59. The van der Waals surface area contributed by atoms with Gasteiger partial charge >= 0.3 is 5.97 Å². The highest BCUT2D eigenvalue weighted by molar-refractivity contribution is 5.96. The first kappa shape index (κ1) is 18.0. The van der Waals surface area contributed by atoms with Gasteiger partial charge in [-0.3, -0.25) is 14.2 Å². The maximum absolute atomic E-state index is 12.2. The van der Waals surface area contributed by atoms with E-state index < -0.39 is 0 Å². The van der Waals surface area contributed by atoms with E-state index in [4.69, 9.17) is 9.47 Å². The summed E-state index contributed by atoms with van der Waals surface area (Å²) in [5, 5.41) is 0.961. The molecule has 0 unspecified atom stereocenters. The van der Waals surface area contributed by atoms with Crippen molar-refractivity contribution in [1.82, 2.24) is 14.4 Å². The number of rotatable bonds is 6. The maximum Gasteiger partial charge on any atom is 0.310 e. The summed E-state index contributed by atoms with van der Waals surface area (Å²) in [6.07, 6.45) is 4.34. The first-order valence-corrected chi connectivity index (χ1v) is 9.21. The quantitative estimate of drug-likeness (QED) is 0.482. The van der Waals surface area contributed by atoms with Crippen LogP contribution >= 0.6 is 0 Å². The number of fused-ring (bicyclic) bond motifs is 3. The Hall–Kier alpha value is -3.41. The van der Waals surface area contributed by atoms with Gasteiger partial charge in [0.1, 0.15) is 11.6 Å². The number of hydrogen-bond acceptors (Lipinski definition) is 5. The molecule has 1 aromatic carbocycles. The molecule has 0 aliphatic carbocycles. The molecule has 3 aromatic heterocycles. The zero-order chi connectivity index (χ0) is 19.5. The van der Waals surface area contributed by atoms with Gasteiger partial charge in [0.15, 0.2) is 0 Å². The Labute approximate surface area is 162 Å². The van der Waals surface area contributed by atoms with Crippen molar-refractivity contribution in [3.8, 4) is 5.75 Å². The van der Waals surface area contributed by atoms with Crippen LogP contribution in [0.15, 0.2) is 54.9 Å². The van der Waals surface area contributed by atoms with Crippen molar-refractivity contribution < 1.29 is 14.3 Å². The first-order chi connectivity index (χ1) is 13.7. The molecule has 0 aliphatic heterocycles. The highest BCUT2D eigenvalue weighted by Gasteiger charge is 2.18. The highest BCUT2D eigenvalue weighted by Crippen LogP contribution is 2.31. The molecule has 0 fully saturated rings. The molecule has 0 saturated carbocycles. The molecule has 0 amide bonds. The van der Waals surface area contributed by atoms with E-state index in [-0.39, 0.29) is 12.4 Å². The van der Waals surface area contributed by atoms with Crippen molar-refractivity contribution in [2.24, 2.45) is 0 Å². The number of pyridine rings is 1. The molecule has 0 aliphatic rings. The van der Waals surface area contributed by atoms with Crippen molar-refractivity contribution in [2.45, 2.75) is 19.8 Å². The van der Waals surface area contributed by atoms with Crippen molar-refractivity contribution >= 4 is 22.4 Å². The number of esters is 1.